The first-order chi connectivity index (χ1) is 13.1. The van der Waals surface area contributed by atoms with Crippen molar-refractivity contribution >= 4 is 11.8 Å². The van der Waals surface area contributed by atoms with E-state index in [0.29, 0.717) is 24.8 Å². The van der Waals surface area contributed by atoms with Crippen molar-refractivity contribution in [2.75, 3.05) is 33.3 Å². The van der Waals surface area contributed by atoms with Crippen LogP contribution in [0.15, 0.2) is 18.2 Å². The lowest BCUT2D eigenvalue weighted by molar-refractivity contribution is -0.132. The van der Waals surface area contributed by atoms with E-state index in [9.17, 15) is 14.7 Å². The van der Waals surface area contributed by atoms with Gasteiger partial charge in [0, 0.05) is 19.6 Å². The van der Waals surface area contributed by atoms with E-state index < -0.39 is 0 Å². The second kappa shape index (κ2) is 9.08. The molecule has 2 aliphatic rings. The van der Waals surface area contributed by atoms with E-state index in [1.807, 2.05) is 4.90 Å². The summed E-state index contributed by atoms with van der Waals surface area (Å²) in [6.07, 6.45) is 4.20. The Morgan fingerprint density at radius 2 is 2.19 bits per heavy atom. The van der Waals surface area contributed by atoms with Crippen LogP contribution >= 0.6 is 0 Å². The monoisotopic (exact) mass is 375 g/mol. The number of amides is 2. The minimum Gasteiger partial charge on any atom is -0.504 e. The van der Waals surface area contributed by atoms with Gasteiger partial charge in [-0.2, -0.15) is 0 Å². The third kappa shape index (κ3) is 5.13. The number of likely N-dealkylation sites (tertiary alicyclic amines) is 1. The van der Waals surface area contributed by atoms with Gasteiger partial charge in [-0.15, -0.1) is 0 Å². The zero-order valence-corrected chi connectivity index (χ0v) is 15.9. The molecular formula is C20H29N3O4. The number of carbonyl (C=O) groups excluding carboxylic acids is 2. The average Bonchev–Trinajstić information content (AvgIpc) is 3.22. The SMILES string of the molecule is COc1cc(CC(=O)N2CCCC(CNC(=O)C3CCCN3)C2)ccc1O. The van der Waals surface area contributed by atoms with E-state index in [1.54, 1.807) is 18.2 Å². The molecule has 0 aromatic heterocycles. The Kier molecular flexibility index (Phi) is 6.55. The number of benzene rings is 1. The lowest BCUT2D eigenvalue weighted by Crippen LogP contribution is -2.47. The van der Waals surface area contributed by atoms with Crippen LogP contribution in [0.4, 0.5) is 0 Å². The second-order valence-corrected chi connectivity index (χ2v) is 7.43. The summed E-state index contributed by atoms with van der Waals surface area (Å²) in [5.74, 6) is 0.880. The van der Waals surface area contributed by atoms with Gasteiger partial charge in [0.1, 0.15) is 0 Å². The lowest BCUT2D eigenvalue weighted by Gasteiger charge is -2.33. The van der Waals surface area contributed by atoms with Crippen molar-refractivity contribution in [3.63, 3.8) is 0 Å². The third-order valence-electron chi connectivity index (χ3n) is 5.41. The van der Waals surface area contributed by atoms with Crippen LogP contribution in [0.1, 0.15) is 31.2 Å². The molecule has 7 heteroatoms. The van der Waals surface area contributed by atoms with E-state index in [0.717, 1.165) is 44.3 Å². The number of methoxy groups -OCH3 is 1. The Balaban J connectivity index is 1.49. The molecule has 2 atom stereocenters. The zero-order chi connectivity index (χ0) is 19.2. The van der Waals surface area contributed by atoms with E-state index in [4.69, 9.17) is 4.74 Å². The van der Waals surface area contributed by atoms with Gasteiger partial charge >= 0.3 is 0 Å². The molecule has 1 aromatic carbocycles. The summed E-state index contributed by atoms with van der Waals surface area (Å²) < 4.78 is 5.11. The molecule has 0 bridgehead atoms. The Morgan fingerprint density at radius 3 is 2.93 bits per heavy atom. The molecule has 2 amide bonds. The maximum absolute atomic E-state index is 12.7. The summed E-state index contributed by atoms with van der Waals surface area (Å²) in [4.78, 5) is 26.7. The Morgan fingerprint density at radius 1 is 1.33 bits per heavy atom. The summed E-state index contributed by atoms with van der Waals surface area (Å²) in [6, 6.07) is 4.93. The number of piperidine rings is 1. The highest BCUT2D eigenvalue weighted by atomic mass is 16.5. The van der Waals surface area contributed by atoms with Crippen LogP contribution in [0, 0.1) is 5.92 Å². The highest BCUT2D eigenvalue weighted by Gasteiger charge is 2.26. The van der Waals surface area contributed by atoms with Crippen molar-refractivity contribution in [1.82, 2.24) is 15.5 Å². The molecule has 0 saturated carbocycles. The van der Waals surface area contributed by atoms with E-state index in [-0.39, 0.29) is 30.0 Å². The summed E-state index contributed by atoms with van der Waals surface area (Å²) in [6.45, 7) is 2.95. The van der Waals surface area contributed by atoms with Crippen molar-refractivity contribution in [1.29, 1.82) is 0 Å². The number of nitrogens with one attached hydrogen (secondary N) is 2. The normalized spacial score (nSPS) is 22.5. The fourth-order valence-corrected chi connectivity index (χ4v) is 3.85. The number of ether oxygens (including phenoxy) is 1. The first-order valence-electron chi connectivity index (χ1n) is 9.71. The quantitative estimate of drug-likeness (QED) is 0.691. The molecule has 0 aliphatic carbocycles. The average molecular weight is 375 g/mol. The van der Waals surface area contributed by atoms with Crippen LogP contribution in [-0.4, -0.2) is 61.2 Å². The number of carbonyl (C=O) groups is 2. The number of nitrogens with zero attached hydrogens (tertiary/aromatic N) is 1. The molecule has 3 N–H and O–H groups in total. The van der Waals surface area contributed by atoms with E-state index in [2.05, 4.69) is 10.6 Å². The Hall–Kier alpha value is -2.28. The Bertz CT molecular complexity index is 673. The van der Waals surface area contributed by atoms with Crippen molar-refractivity contribution in [2.45, 2.75) is 38.1 Å². The highest BCUT2D eigenvalue weighted by molar-refractivity contribution is 5.82. The minimum atomic E-state index is -0.0594. The molecule has 2 saturated heterocycles. The van der Waals surface area contributed by atoms with Crippen LogP contribution in [0.2, 0.25) is 0 Å². The predicted molar refractivity (Wildman–Crippen MR) is 102 cm³/mol. The van der Waals surface area contributed by atoms with Crippen LogP contribution in [0.3, 0.4) is 0 Å². The van der Waals surface area contributed by atoms with Crippen LogP contribution in [-0.2, 0) is 16.0 Å². The Labute approximate surface area is 160 Å². The number of hydrogen-bond acceptors (Lipinski definition) is 5. The lowest BCUT2D eigenvalue weighted by atomic mass is 9.97. The smallest absolute Gasteiger partial charge is 0.237 e. The van der Waals surface area contributed by atoms with Gasteiger partial charge in [-0.25, -0.2) is 0 Å². The molecule has 2 fully saturated rings. The van der Waals surface area contributed by atoms with Gasteiger partial charge in [0.15, 0.2) is 11.5 Å². The second-order valence-electron chi connectivity index (χ2n) is 7.43. The molecule has 0 radical (unpaired) electrons. The summed E-state index contributed by atoms with van der Waals surface area (Å²) >= 11 is 0. The van der Waals surface area contributed by atoms with Crippen molar-refractivity contribution < 1.29 is 19.4 Å². The molecule has 1 aromatic rings. The van der Waals surface area contributed by atoms with Gasteiger partial charge in [0.05, 0.1) is 19.6 Å². The largest absolute Gasteiger partial charge is 0.504 e. The molecule has 2 heterocycles. The van der Waals surface area contributed by atoms with Gasteiger partial charge < -0.3 is 25.4 Å². The van der Waals surface area contributed by atoms with Crippen molar-refractivity contribution in [3.8, 4) is 11.5 Å². The van der Waals surface area contributed by atoms with Gasteiger partial charge in [-0.3, -0.25) is 9.59 Å². The zero-order valence-electron chi connectivity index (χ0n) is 15.9. The fraction of sp³-hybridized carbons (Fsp3) is 0.600. The highest BCUT2D eigenvalue weighted by Crippen LogP contribution is 2.27. The van der Waals surface area contributed by atoms with Crippen LogP contribution in [0.5, 0.6) is 11.5 Å². The van der Waals surface area contributed by atoms with Crippen molar-refractivity contribution in [2.24, 2.45) is 5.92 Å². The van der Waals surface area contributed by atoms with Crippen molar-refractivity contribution in [3.05, 3.63) is 23.8 Å². The summed E-state index contributed by atoms with van der Waals surface area (Å²) in [7, 11) is 1.49. The standard InChI is InChI=1S/C20H29N3O4/c1-27-18-10-14(6-7-17(18)24)11-19(25)23-9-3-4-15(13-23)12-22-20(26)16-5-2-8-21-16/h6-7,10,15-16,21,24H,2-5,8-9,11-13H2,1H3,(H,22,26). The number of hydrogen-bond donors (Lipinski definition) is 3. The first kappa shape index (κ1) is 19.5. The molecule has 7 nitrogen and oxygen atoms in total. The van der Waals surface area contributed by atoms with E-state index in [1.165, 1.54) is 7.11 Å². The number of rotatable bonds is 6. The fourth-order valence-electron chi connectivity index (χ4n) is 3.85. The number of aromatic hydroxyl groups is 1. The first-order valence-corrected chi connectivity index (χ1v) is 9.71. The maximum Gasteiger partial charge on any atom is 0.237 e. The number of phenols is 1. The van der Waals surface area contributed by atoms with Gasteiger partial charge in [0.2, 0.25) is 11.8 Å². The predicted octanol–water partition coefficient (Wildman–Crippen LogP) is 1.05. The molecule has 2 unspecified atom stereocenters. The topological polar surface area (TPSA) is 90.9 Å². The molecule has 2 aliphatic heterocycles. The third-order valence-corrected chi connectivity index (χ3v) is 5.41. The molecule has 148 valence electrons. The molecule has 27 heavy (non-hydrogen) atoms. The molecular weight excluding hydrogens is 346 g/mol. The molecule has 3 rings (SSSR count). The minimum absolute atomic E-state index is 0.0594. The van der Waals surface area contributed by atoms with Crippen LogP contribution < -0.4 is 15.4 Å². The van der Waals surface area contributed by atoms with Crippen LogP contribution in [0.25, 0.3) is 0 Å². The summed E-state index contributed by atoms with van der Waals surface area (Å²) in [5.41, 5.74) is 0.817. The van der Waals surface area contributed by atoms with Gasteiger partial charge in [0.25, 0.3) is 0 Å². The van der Waals surface area contributed by atoms with Gasteiger partial charge in [-0.05, 0) is 55.8 Å². The maximum atomic E-state index is 12.7. The molecule has 0 spiro atoms. The van der Waals surface area contributed by atoms with Gasteiger partial charge in [-0.1, -0.05) is 6.07 Å². The number of phenolic OH excluding ortho intramolecular Hbond substituents is 1. The summed E-state index contributed by atoms with van der Waals surface area (Å²) in [5, 5.41) is 15.9. The van der Waals surface area contributed by atoms with E-state index >= 15 is 0 Å².